The number of nitrogens with one attached hydrogen (secondary N) is 1. The van der Waals surface area contributed by atoms with Gasteiger partial charge in [-0.15, -0.1) is 0 Å². The van der Waals surface area contributed by atoms with Gasteiger partial charge in [-0.25, -0.2) is 9.97 Å². The Kier molecular flexibility index (Phi) is 4.08. The lowest BCUT2D eigenvalue weighted by atomic mass is 9.94. The average Bonchev–Trinajstić information content (AvgIpc) is 2.71. The molecule has 0 bridgehead atoms. The number of aromatic nitrogens is 3. The molecule has 1 fully saturated rings. The fraction of sp³-hybridized carbons (Fsp3) is 0.526. The van der Waals surface area contributed by atoms with Gasteiger partial charge in [0.15, 0.2) is 5.82 Å². The van der Waals surface area contributed by atoms with Crippen molar-refractivity contribution in [2.45, 2.75) is 65.2 Å². The minimum Gasteiger partial charge on any atom is -0.367 e. The predicted octanol–water partition coefficient (Wildman–Crippen LogP) is 3.91. The van der Waals surface area contributed by atoms with Gasteiger partial charge in [0.05, 0.1) is 17.2 Å². The van der Waals surface area contributed by atoms with Crippen LogP contribution in [-0.4, -0.2) is 32.2 Å². The number of pyridine rings is 1. The molecule has 1 N–H and O–H groups in total. The number of ether oxygens (including phenoxy) is 1. The van der Waals surface area contributed by atoms with Crippen LogP contribution in [-0.2, 0) is 4.74 Å². The summed E-state index contributed by atoms with van der Waals surface area (Å²) in [6.45, 7) is 12.6. The van der Waals surface area contributed by atoms with Crippen LogP contribution in [0.5, 0.6) is 0 Å². The molecule has 0 saturated carbocycles. The number of hydrogen-bond acceptors (Lipinski definition) is 5. The zero-order valence-electron chi connectivity index (χ0n) is 15.3. The first-order chi connectivity index (χ1) is 11.2. The van der Waals surface area contributed by atoms with E-state index in [-0.39, 0.29) is 17.2 Å². The van der Waals surface area contributed by atoms with Gasteiger partial charge in [0, 0.05) is 29.2 Å². The average molecular weight is 326 g/mol. The van der Waals surface area contributed by atoms with Gasteiger partial charge in [-0.1, -0.05) is 0 Å². The molecule has 2 aromatic rings. The van der Waals surface area contributed by atoms with Crippen LogP contribution in [0.3, 0.4) is 0 Å². The quantitative estimate of drug-likeness (QED) is 0.926. The molecule has 3 rings (SSSR count). The van der Waals surface area contributed by atoms with Crippen molar-refractivity contribution in [1.82, 2.24) is 15.0 Å². The number of aryl methyl sites for hydroxylation is 1. The standard InChI is InChI=1S/C19H26N4O/c1-12-13(2)21-17(14-8-7-9-20-11-14)23-16(12)22-15-10-18(3,4)24-19(15,5)6/h7-9,11,15H,10H2,1-6H3,(H,21,22,23). The van der Waals surface area contributed by atoms with Crippen LogP contribution in [0.25, 0.3) is 11.4 Å². The maximum Gasteiger partial charge on any atom is 0.163 e. The van der Waals surface area contributed by atoms with Gasteiger partial charge in [-0.3, -0.25) is 4.98 Å². The minimum absolute atomic E-state index is 0.136. The lowest BCUT2D eigenvalue weighted by molar-refractivity contribution is -0.0662. The SMILES string of the molecule is Cc1nc(-c2cccnc2)nc(NC2CC(C)(C)OC2(C)C)c1C. The van der Waals surface area contributed by atoms with Crippen molar-refractivity contribution in [1.29, 1.82) is 0 Å². The van der Waals surface area contributed by atoms with Gasteiger partial charge in [-0.05, 0) is 60.1 Å². The summed E-state index contributed by atoms with van der Waals surface area (Å²) in [5.74, 6) is 1.57. The Bertz CT molecular complexity index is 741. The number of rotatable bonds is 3. The van der Waals surface area contributed by atoms with E-state index in [2.05, 4.69) is 49.9 Å². The lowest BCUT2D eigenvalue weighted by Crippen LogP contribution is -2.38. The number of hydrogen-bond donors (Lipinski definition) is 1. The zero-order chi connectivity index (χ0) is 17.5. The van der Waals surface area contributed by atoms with E-state index in [1.54, 1.807) is 12.4 Å². The van der Waals surface area contributed by atoms with Crippen LogP contribution >= 0.6 is 0 Å². The van der Waals surface area contributed by atoms with Crippen molar-refractivity contribution >= 4 is 5.82 Å². The summed E-state index contributed by atoms with van der Waals surface area (Å²) in [6, 6.07) is 4.08. The van der Waals surface area contributed by atoms with Gasteiger partial charge in [0.1, 0.15) is 5.82 Å². The molecule has 0 amide bonds. The molecule has 2 aromatic heterocycles. The Hall–Kier alpha value is -2.01. The Balaban J connectivity index is 1.95. The molecule has 24 heavy (non-hydrogen) atoms. The Labute approximate surface area is 143 Å². The van der Waals surface area contributed by atoms with Crippen LogP contribution < -0.4 is 5.32 Å². The Morgan fingerprint density at radius 1 is 1.17 bits per heavy atom. The molecular formula is C19H26N4O. The molecule has 1 saturated heterocycles. The van der Waals surface area contributed by atoms with Crippen molar-refractivity contribution in [2.75, 3.05) is 5.32 Å². The van der Waals surface area contributed by atoms with Gasteiger partial charge < -0.3 is 10.1 Å². The maximum absolute atomic E-state index is 6.19. The van der Waals surface area contributed by atoms with Crippen molar-refractivity contribution < 1.29 is 4.74 Å². The van der Waals surface area contributed by atoms with Gasteiger partial charge in [-0.2, -0.15) is 0 Å². The van der Waals surface area contributed by atoms with Gasteiger partial charge >= 0.3 is 0 Å². The molecule has 1 aliphatic rings. The molecule has 0 aliphatic carbocycles. The fourth-order valence-corrected chi connectivity index (χ4v) is 3.35. The topological polar surface area (TPSA) is 59.9 Å². The van der Waals surface area contributed by atoms with Crippen LogP contribution in [0.2, 0.25) is 0 Å². The highest BCUT2D eigenvalue weighted by Gasteiger charge is 2.46. The van der Waals surface area contributed by atoms with E-state index in [0.717, 1.165) is 29.1 Å². The fourth-order valence-electron chi connectivity index (χ4n) is 3.35. The highest BCUT2D eigenvalue weighted by Crippen LogP contribution is 2.39. The third-order valence-electron chi connectivity index (χ3n) is 4.69. The summed E-state index contributed by atoms with van der Waals surface area (Å²) in [5, 5.41) is 3.61. The Morgan fingerprint density at radius 2 is 1.92 bits per heavy atom. The van der Waals surface area contributed by atoms with Crippen molar-refractivity contribution in [2.24, 2.45) is 0 Å². The molecule has 0 spiro atoms. The molecule has 1 atom stereocenters. The van der Waals surface area contributed by atoms with E-state index in [4.69, 9.17) is 9.72 Å². The van der Waals surface area contributed by atoms with Crippen LogP contribution in [0, 0.1) is 13.8 Å². The normalized spacial score (nSPS) is 21.7. The molecule has 0 radical (unpaired) electrons. The third kappa shape index (κ3) is 3.26. The monoisotopic (exact) mass is 326 g/mol. The summed E-state index contributed by atoms with van der Waals surface area (Å²) in [4.78, 5) is 13.6. The van der Waals surface area contributed by atoms with Gasteiger partial charge in [0.25, 0.3) is 0 Å². The van der Waals surface area contributed by atoms with Crippen molar-refractivity contribution in [3.63, 3.8) is 0 Å². The first-order valence-corrected chi connectivity index (χ1v) is 8.40. The van der Waals surface area contributed by atoms with Crippen molar-refractivity contribution in [3.8, 4) is 11.4 Å². The smallest absolute Gasteiger partial charge is 0.163 e. The van der Waals surface area contributed by atoms with E-state index < -0.39 is 0 Å². The first-order valence-electron chi connectivity index (χ1n) is 8.40. The maximum atomic E-state index is 6.19. The largest absolute Gasteiger partial charge is 0.367 e. The van der Waals surface area contributed by atoms with E-state index in [1.807, 2.05) is 19.1 Å². The molecule has 5 heteroatoms. The van der Waals surface area contributed by atoms with E-state index in [9.17, 15) is 0 Å². The second-order valence-corrected chi connectivity index (χ2v) is 7.71. The summed E-state index contributed by atoms with van der Waals surface area (Å²) >= 11 is 0. The molecule has 5 nitrogen and oxygen atoms in total. The molecule has 128 valence electrons. The van der Waals surface area contributed by atoms with Crippen LogP contribution in [0.1, 0.15) is 45.4 Å². The molecular weight excluding hydrogens is 300 g/mol. The number of nitrogens with zero attached hydrogens (tertiary/aromatic N) is 3. The van der Waals surface area contributed by atoms with E-state index in [1.165, 1.54) is 0 Å². The highest BCUT2D eigenvalue weighted by molar-refractivity contribution is 5.59. The highest BCUT2D eigenvalue weighted by atomic mass is 16.5. The Morgan fingerprint density at radius 3 is 2.50 bits per heavy atom. The summed E-state index contributed by atoms with van der Waals surface area (Å²) < 4.78 is 6.19. The molecule has 1 unspecified atom stereocenters. The minimum atomic E-state index is -0.247. The summed E-state index contributed by atoms with van der Waals surface area (Å²) in [5.41, 5.74) is 2.59. The van der Waals surface area contributed by atoms with Crippen LogP contribution in [0.15, 0.2) is 24.5 Å². The predicted molar refractivity (Wildman–Crippen MR) is 96.0 cm³/mol. The molecule has 1 aliphatic heterocycles. The van der Waals surface area contributed by atoms with Crippen LogP contribution in [0.4, 0.5) is 5.82 Å². The summed E-state index contributed by atoms with van der Waals surface area (Å²) in [7, 11) is 0. The second-order valence-electron chi connectivity index (χ2n) is 7.71. The summed E-state index contributed by atoms with van der Waals surface area (Å²) in [6.07, 6.45) is 4.48. The van der Waals surface area contributed by atoms with Crippen molar-refractivity contribution in [3.05, 3.63) is 35.8 Å². The lowest BCUT2D eigenvalue weighted by Gasteiger charge is -2.28. The second kappa shape index (κ2) is 5.81. The van der Waals surface area contributed by atoms with E-state index in [0.29, 0.717) is 5.82 Å². The first kappa shape index (κ1) is 16.8. The van der Waals surface area contributed by atoms with Gasteiger partial charge in [0.2, 0.25) is 0 Å². The molecule has 0 aromatic carbocycles. The third-order valence-corrected chi connectivity index (χ3v) is 4.69. The number of anilines is 1. The van der Waals surface area contributed by atoms with E-state index >= 15 is 0 Å². The zero-order valence-corrected chi connectivity index (χ0v) is 15.3. The molecule has 3 heterocycles.